The Labute approximate surface area is 142 Å². The van der Waals surface area contributed by atoms with Crippen molar-refractivity contribution >= 4 is 11.9 Å². The van der Waals surface area contributed by atoms with Crippen molar-refractivity contribution < 1.29 is 24.2 Å². The number of carbonyl (C=O) groups is 2. The Hall–Kier alpha value is -2.24. The highest BCUT2D eigenvalue weighted by Gasteiger charge is 2.43. The van der Waals surface area contributed by atoms with E-state index in [1.54, 1.807) is 18.2 Å². The van der Waals surface area contributed by atoms with Crippen molar-refractivity contribution in [1.82, 2.24) is 5.32 Å². The summed E-state index contributed by atoms with van der Waals surface area (Å²) in [4.78, 5) is 24.4. The van der Waals surface area contributed by atoms with E-state index in [4.69, 9.17) is 9.47 Å². The van der Waals surface area contributed by atoms with Crippen LogP contribution in [-0.4, -0.2) is 36.7 Å². The fraction of sp³-hybridized carbons (Fsp3) is 0.556. The zero-order chi connectivity index (χ0) is 17.7. The summed E-state index contributed by atoms with van der Waals surface area (Å²) in [6.45, 7) is 2.11. The Morgan fingerprint density at radius 2 is 1.71 bits per heavy atom. The van der Waals surface area contributed by atoms with E-state index in [0.29, 0.717) is 35.8 Å². The quantitative estimate of drug-likeness (QED) is 0.835. The third kappa shape index (κ3) is 3.80. The lowest BCUT2D eigenvalue weighted by Gasteiger charge is -2.37. The molecule has 0 atom stereocenters. The molecule has 1 aliphatic rings. The van der Waals surface area contributed by atoms with Gasteiger partial charge in [0, 0.05) is 11.6 Å². The van der Waals surface area contributed by atoms with E-state index in [9.17, 15) is 14.7 Å². The largest absolute Gasteiger partial charge is 0.497 e. The second-order valence-electron chi connectivity index (χ2n) is 6.29. The molecule has 1 aromatic rings. The molecule has 6 nitrogen and oxygen atoms in total. The fourth-order valence-electron chi connectivity index (χ4n) is 3.20. The molecule has 0 heterocycles. The first-order valence-electron chi connectivity index (χ1n) is 8.23. The van der Waals surface area contributed by atoms with Gasteiger partial charge in [0.15, 0.2) is 0 Å². The topological polar surface area (TPSA) is 84.9 Å². The fourth-order valence-corrected chi connectivity index (χ4v) is 3.20. The summed E-state index contributed by atoms with van der Waals surface area (Å²) in [6, 6.07) is 4.81. The SMILES string of the molecule is CCC1CCC(NC(=O)c2cc(OC)cc(OC)c2)(C(=O)O)CC1. The highest BCUT2D eigenvalue weighted by Crippen LogP contribution is 2.34. The Kier molecular flexibility index (Phi) is 5.70. The molecule has 0 aromatic heterocycles. The van der Waals surface area contributed by atoms with Crippen molar-refractivity contribution in [3.8, 4) is 11.5 Å². The number of aliphatic carboxylic acids is 1. The summed E-state index contributed by atoms with van der Waals surface area (Å²) in [5.41, 5.74) is -0.872. The Morgan fingerprint density at radius 1 is 1.17 bits per heavy atom. The Morgan fingerprint density at radius 3 is 2.12 bits per heavy atom. The van der Waals surface area contributed by atoms with Crippen LogP contribution in [-0.2, 0) is 4.79 Å². The van der Waals surface area contributed by atoms with Crippen molar-refractivity contribution in [2.24, 2.45) is 5.92 Å². The van der Waals surface area contributed by atoms with Crippen LogP contribution in [0.15, 0.2) is 18.2 Å². The average molecular weight is 335 g/mol. The number of ether oxygens (including phenoxy) is 2. The number of hydrogen-bond donors (Lipinski definition) is 2. The standard InChI is InChI=1S/C18H25NO5/c1-4-12-5-7-18(8-6-12,17(21)22)19-16(20)13-9-14(23-2)11-15(10-13)24-3/h9-12H,4-8H2,1-3H3,(H,19,20)(H,21,22). The molecule has 0 saturated heterocycles. The number of nitrogens with one attached hydrogen (secondary N) is 1. The van der Waals surface area contributed by atoms with Gasteiger partial charge in [-0.25, -0.2) is 4.79 Å². The smallest absolute Gasteiger partial charge is 0.329 e. The van der Waals surface area contributed by atoms with Gasteiger partial charge in [-0.1, -0.05) is 13.3 Å². The monoisotopic (exact) mass is 335 g/mol. The maximum atomic E-state index is 12.6. The van der Waals surface area contributed by atoms with E-state index in [-0.39, 0.29) is 0 Å². The molecule has 1 fully saturated rings. The van der Waals surface area contributed by atoms with Crippen LogP contribution in [0, 0.1) is 5.92 Å². The van der Waals surface area contributed by atoms with Crippen LogP contribution in [0.4, 0.5) is 0 Å². The zero-order valence-corrected chi connectivity index (χ0v) is 14.4. The van der Waals surface area contributed by atoms with Crippen molar-refractivity contribution in [2.75, 3.05) is 14.2 Å². The highest BCUT2D eigenvalue weighted by atomic mass is 16.5. The molecule has 0 spiro atoms. The molecule has 0 aliphatic heterocycles. The van der Waals surface area contributed by atoms with Crippen molar-refractivity contribution in [3.05, 3.63) is 23.8 Å². The lowest BCUT2D eigenvalue weighted by molar-refractivity contribution is -0.146. The number of carboxylic acids is 1. The molecule has 1 amide bonds. The van der Waals surface area contributed by atoms with Gasteiger partial charge in [-0.15, -0.1) is 0 Å². The van der Waals surface area contributed by atoms with Gasteiger partial charge < -0.3 is 19.9 Å². The summed E-state index contributed by atoms with van der Waals surface area (Å²) < 4.78 is 10.3. The molecule has 24 heavy (non-hydrogen) atoms. The van der Waals surface area contributed by atoms with Gasteiger partial charge in [-0.3, -0.25) is 4.79 Å². The molecule has 2 N–H and O–H groups in total. The molecule has 0 radical (unpaired) electrons. The summed E-state index contributed by atoms with van der Waals surface area (Å²) >= 11 is 0. The average Bonchev–Trinajstić information content (AvgIpc) is 2.61. The van der Waals surface area contributed by atoms with Gasteiger partial charge in [0.1, 0.15) is 17.0 Å². The molecule has 2 rings (SSSR count). The first-order chi connectivity index (χ1) is 11.4. The number of carboxylic acid groups (broad SMARTS) is 1. The van der Waals surface area contributed by atoms with E-state index < -0.39 is 17.4 Å². The van der Waals surface area contributed by atoms with E-state index in [2.05, 4.69) is 12.2 Å². The second-order valence-corrected chi connectivity index (χ2v) is 6.29. The van der Waals surface area contributed by atoms with Crippen LogP contribution in [0.5, 0.6) is 11.5 Å². The third-order valence-corrected chi connectivity index (χ3v) is 4.91. The van der Waals surface area contributed by atoms with Gasteiger partial charge >= 0.3 is 5.97 Å². The van der Waals surface area contributed by atoms with Gasteiger partial charge in [-0.2, -0.15) is 0 Å². The molecule has 132 valence electrons. The molecule has 1 aromatic carbocycles. The molecule has 0 unspecified atom stereocenters. The maximum Gasteiger partial charge on any atom is 0.329 e. The van der Waals surface area contributed by atoms with Gasteiger partial charge in [-0.05, 0) is 43.7 Å². The van der Waals surface area contributed by atoms with Crippen LogP contribution in [0.3, 0.4) is 0 Å². The van der Waals surface area contributed by atoms with Crippen LogP contribution in [0.25, 0.3) is 0 Å². The van der Waals surface area contributed by atoms with E-state index >= 15 is 0 Å². The van der Waals surface area contributed by atoms with Crippen molar-refractivity contribution in [2.45, 2.75) is 44.6 Å². The molecular weight excluding hydrogens is 310 g/mol. The molecule has 6 heteroatoms. The molecule has 0 bridgehead atoms. The van der Waals surface area contributed by atoms with Gasteiger partial charge in [0.2, 0.25) is 0 Å². The summed E-state index contributed by atoms with van der Waals surface area (Å²) in [5, 5.41) is 12.4. The minimum Gasteiger partial charge on any atom is -0.497 e. The van der Waals surface area contributed by atoms with E-state index in [0.717, 1.165) is 19.3 Å². The third-order valence-electron chi connectivity index (χ3n) is 4.91. The molecular formula is C18H25NO5. The zero-order valence-electron chi connectivity index (χ0n) is 14.4. The van der Waals surface area contributed by atoms with Crippen LogP contribution in [0.1, 0.15) is 49.4 Å². The first kappa shape index (κ1) is 18.1. The van der Waals surface area contributed by atoms with Gasteiger partial charge in [0.25, 0.3) is 5.91 Å². The highest BCUT2D eigenvalue weighted by molar-refractivity contribution is 5.98. The summed E-state index contributed by atoms with van der Waals surface area (Å²) in [7, 11) is 3.00. The number of methoxy groups -OCH3 is 2. The minimum absolute atomic E-state index is 0.324. The van der Waals surface area contributed by atoms with Crippen LogP contribution in [0.2, 0.25) is 0 Å². The minimum atomic E-state index is -1.20. The lowest BCUT2D eigenvalue weighted by atomic mass is 9.75. The lowest BCUT2D eigenvalue weighted by Crippen LogP contribution is -2.56. The van der Waals surface area contributed by atoms with Gasteiger partial charge in [0.05, 0.1) is 14.2 Å². The number of rotatable bonds is 6. The molecule has 1 saturated carbocycles. The Balaban J connectivity index is 2.21. The normalized spacial score (nSPS) is 23.4. The predicted molar refractivity (Wildman–Crippen MR) is 89.6 cm³/mol. The Bertz CT molecular complexity index is 583. The number of carbonyl (C=O) groups excluding carboxylic acids is 1. The van der Waals surface area contributed by atoms with E-state index in [1.165, 1.54) is 14.2 Å². The number of benzene rings is 1. The summed E-state index contributed by atoms with van der Waals surface area (Å²) in [5.74, 6) is 0.105. The number of hydrogen-bond acceptors (Lipinski definition) is 4. The van der Waals surface area contributed by atoms with Crippen LogP contribution >= 0.6 is 0 Å². The predicted octanol–water partition coefficient (Wildman–Crippen LogP) is 2.86. The summed E-state index contributed by atoms with van der Waals surface area (Å²) in [6.07, 6.45) is 3.56. The molecule has 1 aliphatic carbocycles. The maximum absolute atomic E-state index is 12.6. The van der Waals surface area contributed by atoms with Crippen molar-refractivity contribution in [3.63, 3.8) is 0 Å². The number of amides is 1. The second kappa shape index (κ2) is 7.55. The van der Waals surface area contributed by atoms with E-state index in [1.807, 2.05) is 0 Å². The first-order valence-corrected chi connectivity index (χ1v) is 8.23. The van der Waals surface area contributed by atoms with Crippen LogP contribution < -0.4 is 14.8 Å². The van der Waals surface area contributed by atoms with Crippen molar-refractivity contribution in [1.29, 1.82) is 0 Å².